The summed E-state index contributed by atoms with van der Waals surface area (Å²) in [4.78, 5) is 0. The van der Waals surface area contributed by atoms with Gasteiger partial charge in [0.1, 0.15) is 0 Å². The number of hydrogen-bond donors (Lipinski definition) is 2. The highest BCUT2D eigenvalue weighted by molar-refractivity contribution is 4.48. The molecule has 0 amide bonds. The number of aliphatic hydroxyl groups excluding tert-OH is 1. The van der Waals surface area contributed by atoms with Gasteiger partial charge in [0.2, 0.25) is 0 Å². The van der Waals surface area contributed by atoms with E-state index in [9.17, 15) is 0 Å². The first kappa shape index (κ1) is 12.9. The van der Waals surface area contributed by atoms with Crippen LogP contribution in [0.2, 0.25) is 0 Å². The lowest BCUT2D eigenvalue weighted by Gasteiger charge is -2.02. The van der Waals surface area contributed by atoms with Crippen molar-refractivity contribution in [3.8, 4) is 0 Å². The van der Waals surface area contributed by atoms with Gasteiger partial charge in [0, 0.05) is 6.54 Å². The summed E-state index contributed by atoms with van der Waals surface area (Å²) in [5, 5.41) is 11.7. The van der Waals surface area contributed by atoms with Gasteiger partial charge in [-0.25, -0.2) is 0 Å². The summed E-state index contributed by atoms with van der Waals surface area (Å²) in [6.45, 7) is 4.32. The molecule has 0 bridgehead atoms. The molecular weight excluding hydrogens is 162 g/mol. The third-order valence-electron chi connectivity index (χ3n) is 2.25. The molecule has 0 fully saturated rings. The van der Waals surface area contributed by atoms with E-state index < -0.39 is 0 Å². The van der Waals surface area contributed by atoms with Crippen molar-refractivity contribution in [1.29, 1.82) is 0 Å². The molecule has 0 aromatic heterocycles. The fourth-order valence-electron chi connectivity index (χ4n) is 1.41. The fourth-order valence-corrected chi connectivity index (χ4v) is 1.41. The topological polar surface area (TPSA) is 32.3 Å². The van der Waals surface area contributed by atoms with E-state index in [1.54, 1.807) is 0 Å². The molecule has 0 spiro atoms. The zero-order chi connectivity index (χ0) is 9.78. The monoisotopic (exact) mass is 187 g/mol. The average Bonchev–Trinajstić information content (AvgIpc) is 2.16. The minimum atomic E-state index is 0.260. The summed E-state index contributed by atoms with van der Waals surface area (Å²) in [6.07, 6.45) is 9.49. The van der Waals surface area contributed by atoms with Gasteiger partial charge >= 0.3 is 0 Å². The Morgan fingerprint density at radius 2 is 1.46 bits per heavy atom. The Balaban J connectivity index is 2.76. The maximum Gasteiger partial charge on any atom is 0.0555 e. The van der Waals surface area contributed by atoms with Crippen molar-refractivity contribution < 1.29 is 5.11 Å². The van der Waals surface area contributed by atoms with Crippen LogP contribution in [0.25, 0.3) is 0 Å². The SMILES string of the molecule is CCCCCCCCCNCCO. The second-order valence-electron chi connectivity index (χ2n) is 3.59. The van der Waals surface area contributed by atoms with Crippen molar-refractivity contribution in [1.82, 2.24) is 5.32 Å². The van der Waals surface area contributed by atoms with E-state index in [1.165, 1.54) is 44.9 Å². The Morgan fingerprint density at radius 1 is 0.846 bits per heavy atom. The van der Waals surface area contributed by atoms with Crippen molar-refractivity contribution in [2.24, 2.45) is 0 Å². The van der Waals surface area contributed by atoms with Crippen LogP contribution in [0.5, 0.6) is 0 Å². The van der Waals surface area contributed by atoms with E-state index in [0.717, 1.165) is 13.1 Å². The standard InChI is InChI=1S/C11H25NO/c1-2-3-4-5-6-7-8-9-12-10-11-13/h12-13H,2-11H2,1H3. The largest absolute Gasteiger partial charge is 0.395 e. The van der Waals surface area contributed by atoms with Crippen LogP contribution in [0.4, 0.5) is 0 Å². The Bertz CT molecular complexity index is 76.2. The molecule has 0 aromatic carbocycles. The first-order valence-electron chi connectivity index (χ1n) is 5.73. The van der Waals surface area contributed by atoms with Gasteiger partial charge in [-0.2, -0.15) is 0 Å². The Hall–Kier alpha value is -0.0800. The van der Waals surface area contributed by atoms with E-state index in [2.05, 4.69) is 12.2 Å². The Kier molecular flexibility index (Phi) is 11.8. The van der Waals surface area contributed by atoms with E-state index >= 15 is 0 Å². The summed E-state index contributed by atoms with van der Waals surface area (Å²) in [5.74, 6) is 0. The summed E-state index contributed by atoms with van der Waals surface area (Å²) in [6, 6.07) is 0. The maximum absolute atomic E-state index is 8.50. The quantitative estimate of drug-likeness (QED) is 0.514. The molecule has 0 atom stereocenters. The molecule has 2 heteroatoms. The normalized spacial score (nSPS) is 10.6. The van der Waals surface area contributed by atoms with Gasteiger partial charge in [-0.05, 0) is 13.0 Å². The smallest absolute Gasteiger partial charge is 0.0555 e. The van der Waals surface area contributed by atoms with E-state index in [0.29, 0.717) is 0 Å². The minimum absolute atomic E-state index is 0.260. The van der Waals surface area contributed by atoms with Gasteiger partial charge in [-0.1, -0.05) is 45.4 Å². The van der Waals surface area contributed by atoms with Crippen LogP contribution >= 0.6 is 0 Å². The molecule has 2 nitrogen and oxygen atoms in total. The highest BCUT2D eigenvalue weighted by Crippen LogP contribution is 2.05. The molecular formula is C11H25NO. The molecule has 0 aromatic rings. The molecule has 2 N–H and O–H groups in total. The molecule has 0 unspecified atom stereocenters. The highest BCUT2D eigenvalue weighted by atomic mass is 16.3. The number of unbranched alkanes of at least 4 members (excludes halogenated alkanes) is 6. The molecule has 0 saturated carbocycles. The number of rotatable bonds is 10. The van der Waals surface area contributed by atoms with Crippen LogP contribution in [-0.2, 0) is 0 Å². The molecule has 0 heterocycles. The molecule has 0 aliphatic heterocycles. The van der Waals surface area contributed by atoms with Crippen LogP contribution < -0.4 is 5.32 Å². The van der Waals surface area contributed by atoms with Crippen LogP contribution in [0.3, 0.4) is 0 Å². The molecule has 13 heavy (non-hydrogen) atoms. The zero-order valence-corrected chi connectivity index (χ0v) is 9.02. The van der Waals surface area contributed by atoms with Gasteiger partial charge in [0.05, 0.1) is 6.61 Å². The van der Waals surface area contributed by atoms with E-state index in [-0.39, 0.29) is 6.61 Å². The summed E-state index contributed by atoms with van der Waals surface area (Å²) in [7, 11) is 0. The second-order valence-corrected chi connectivity index (χ2v) is 3.59. The summed E-state index contributed by atoms with van der Waals surface area (Å²) in [5.41, 5.74) is 0. The van der Waals surface area contributed by atoms with Crippen molar-refractivity contribution in [2.75, 3.05) is 19.7 Å². The fraction of sp³-hybridized carbons (Fsp3) is 1.00. The summed E-state index contributed by atoms with van der Waals surface area (Å²) < 4.78 is 0. The Morgan fingerprint density at radius 3 is 2.08 bits per heavy atom. The van der Waals surface area contributed by atoms with Gasteiger partial charge in [-0.3, -0.25) is 0 Å². The Labute approximate surface area is 82.7 Å². The van der Waals surface area contributed by atoms with E-state index in [1.807, 2.05) is 0 Å². The predicted octanol–water partition coefficient (Wildman–Crippen LogP) is 2.32. The maximum atomic E-state index is 8.50. The van der Waals surface area contributed by atoms with Crippen molar-refractivity contribution in [3.05, 3.63) is 0 Å². The van der Waals surface area contributed by atoms with Gasteiger partial charge < -0.3 is 10.4 Å². The lowest BCUT2D eigenvalue weighted by Crippen LogP contribution is -2.19. The van der Waals surface area contributed by atoms with Crippen LogP contribution in [0.1, 0.15) is 51.9 Å². The third kappa shape index (κ3) is 11.9. The molecule has 0 saturated heterocycles. The number of hydrogen-bond acceptors (Lipinski definition) is 2. The number of nitrogens with one attached hydrogen (secondary N) is 1. The molecule has 0 rings (SSSR count). The third-order valence-corrected chi connectivity index (χ3v) is 2.25. The van der Waals surface area contributed by atoms with Crippen molar-refractivity contribution >= 4 is 0 Å². The number of aliphatic hydroxyl groups is 1. The first-order valence-corrected chi connectivity index (χ1v) is 5.73. The summed E-state index contributed by atoms with van der Waals surface area (Å²) >= 11 is 0. The molecule has 0 aliphatic rings. The van der Waals surface area contributed by atoms with Gasteiger partial charge in [0.25, 0.3) is 0 Å². The van der Waals surface area contributed by atoms with Gasteiger partial charge in [-0.15, -0.1) is 0 Å². The average molecular weight is 187 g/mol. The van der Waals surface area contributed by atoms with Gasteiger partial charge in [0.15, 0.2) is 0 Å². The van der Waals surface area contributed by atoms with Crippen molar-refractivity contribution in [3.63, 3.8) is 0 Å². The lowest BCUT2D eigenvalue weighted by atomic mass is 10.1. The zero-order valence-electron chi connectivity index (χ0n) is 9.02. The van der Waals surface area contributed by atoms with Crippen molar-refractivity contribution in [2.45, 2.75) is 51.9 Å². The van der Waals surface area contributed by atoms with Crippen LogP contribution in [-0.4, -0.2) is 24.8 Å². The first-order chi connectivity index (χ1) is 6.41. The molecule has 80 valence electrons. The van der Waals surface area contributed by atoms with Crippen LogP contribution in [0, 0.1) is 0 Å². The lowest BCUT2D eigenvalue weighted by molar-refractivity contribution is 0.292. The van der Waals surface area contributed by atoms with Crippen LogP contribution in [0.15, 0.2) is 0 Å². The predicted molar refractivity (Wildman–Crippen MR) is 57.9 cm³/mol. The minimum Gasteiger partial charge on any atom is -0.395 e. The highest BCUT2D eigenvalue weighted by Gasteiger charge is 1.90. The van der Waals surface area contributed by atoms with E-state index in [4.69, 9.17) is 5.11 Å². The molecule has 0 radical (unpaired) electrons. The second kappa shape index (κ2) is 11.9. The molecule has 0 aliphatic carbocycles.